The van der Waals surface area contributed by atoms with E-state index in [2.05, 4.69) is 15.6 Å². The lowest BCUT2D eigenvalue weighted by Crippen LogP contribution is -2.26. The van der Waals surface area contributed by atoms with Crippen LogP contribution in [0.15, 0.2) is 41.9 Å². The highest BCUT2D eigenvalue weighted by molar-refractivity contribution is 7.15. The largest absolute Gasteiger partial charge is 0.369 e. The third-order valence-electron chi connectivity index (χ3n) is 3.83. The summed E-state index contributed by atoms with van der Waals surface area (Å²) in [6.07, 6.45) is 1.71. The number of hydrogen-bond acceptors (Lipinski definition) is 6. The van der Waals surface area contributed by atoms with E-state index in [9.17, 15) is 10.1 Å². The molecule has 1 fully saturated rings. The molecule has 1 saturated heterocycles. The van der Waals surface area contributed by atoms with Crippen molar-refractivity contribution in [2.24, 2.45) is 0 Å². The van der Waals surface area contributed by atoms with Crippen LogP contribution >= 0.6 is 22.9 Å². The third-order valence-corrected chi connectivity index (χ3v) is 4.93. The lowest BCUT2D eigenvalue weighted by Gasteiger charge is -2.19. The standard InChI is InChI=1S/C17H16ClN5OS/c1-11-4-2-3-5-14(11)22-16(24)13(8-19)15-20-6-7-23(15)10-12-9-21-17(18)25-12/h2-5,9,20H,6-7,10H2,1H3,(H,22,24)/b15-13+. The van der Waals surface area contributed by atoms with Crippen LogP contribution in [0.1, 0.15) is 10.4 Å². The Balaban J connectivity index is 1.82. The zero-order valence-electron chi connectivity index (χ0n) is 13.5. The van der Waals surface area contributed by atoms with Crippen molar-refractivity contribution in [2.45, 2.75) is 13.5 Å². The Bertz CT molecular complexity index is 870. The van der Waals surface area contributed by atoms with Crippen molar-refractivity contribution >= 4 is 34.5 Å². The van der Waals surface area contributed by atoms with Gasteiger partial charge in [0.15, 0.2) is 10.0 Å². The van der Waals surface area contributed by atoms with Gasteiger partial charge in [-0.2, -0.15) is 5.26 Å². The van der Waals surface area contributed by atoms with Gasteiger partial charge in [0, 0.05) is 29.9 Å². The van der Waals surface area contributed by atoms with Crippen LogP contribution in [0.3, 0.4) is 0 Å². The van der Waals surface area contributed by atoms with Gasteiger partial charge < -0.3 is 15.5 Å². The third kappa shape index (κ3) is 3.92. The Labute approximate surface area is 154 Å². The number of aromatic nitrogens is 1. The molecule has 3 rings (SSSR count). The van der Waals surface area contributed by atoms with Crippen molar-refractivity contribution in [1.82, 2.24) is 15.2 Å². The summed E-state index contributed by atoms with van der Waals surface area (Å²) in [4.78, 5) is 19.6. The molecule has 0 aliphatic carbocycles. The number of nitrogens with zero attached hydrogens (tertiary/aromatic N) is 3. The Hall–Kier alpha value is -2.56. The molecular formula is C17H16ClN5OS. The van der Waals surface area contributed by atoms with Crippen molar-refractivity contribution in [2.75, 3.05) is 18.4 Å². The summed E-state index contributed by atoms with van der Waals surface area (Å²) in [6.45, 7) is 3.83. The van der Waals surface area contributed by atoms with Gasteiger partial charge >= 0.3 is 0 Å². The number of anilines is 1. The zero-order chi connectivity index (χ0) is 17.8. The van der Waals surface area contributed by atoms with E-state index in [1.165, 1.54) is 11.3 Å². The number of nitriles is 1. The van der Waals surface area contributed by atoms with E-state index in [0.717, 1.165) is 10.4 Å². The number of amides is 1. The highest BCUT2D eigenvalue weighted by atomic mass is 35.5. The van der Waals surface area contributed by atoms with Gasteiger partial charge in [0.1, 0.15) is 11.9 Å². The summed E-state index contributed by atoms with van der Waals surface area (Å²) in [6, 6.07) is 9.49. The Kier molecular flexibility index (Phi) is 5.22. The summed E-state index contributed by atoms with van der Waals surface area (Å²) < 4.78 is 0.477. The average Bonchev–Trinajstić information content (AvgIpc) is 3.20. The van der Waals surface area contributed by atoms with Gasteiger partial charge in [0.2, 0.25) is 0 Å². The molecule has 2 N–H and O–H groups in total. The minimum atomic E-state index is -0.423. The first kappa shape index (κ1) is 17.3. The smallest absolute Gasteiger partial charge is 0.270 e. The number of nitrogens with one attached hydrogen (secondary N) is 2. The first-order chi connectivity index (χ1) is 12.1. The molecule has 128 valence electrons. The highest BCUT2D eigenvalue weighted by Crippen LogP contribution is 2.23. The molecule has 25 heavy (non-hydrogen) atoms. The number of thiazole rings is 1. The molecule has 1 amide bonds. The monoisotopic (exact) mass is 373 g/mol. The topological polar surface area (TPSA) is 81.0 Å². The number of rotatable bonds is 4. The average molecular weight is 374 g/mol. The van der Waals surface area contributed by atoms with E-state index in [-0.39, 0.29) is 5.57 Å². The number of para-hydroxylation sites is 1. The first-order valence-electron chi connectivity index (χ1n) is 7.69. The first-order valence-corrected chi connectivity index (χ1v) is 8.88. The normalized spacial score (nSPS) is 15.5. The van der Waals surface area contributed by atoms with Crippen LogP contribution in [-0.4, -0.2) is 28.9 Å². The number of carbonyl (C=O) groups is 1. The van der Waals surface area contributed by atoms with Gasteiger partial charge in [-0.25, -0.2) is 4.98 Å². The molecule has 1 aliphatic heterocycles. The minimum absolute atomic E-state index is 0.0661. The summed E-state index contributed by atoms with van der Waals surface area (Å²) in [5.74, 6) is 0.117. The Morgan fingerprint density at radius 2 is 2.32 bits per heavy atom. The molecule has 1 aromatic carbocycles. The Morgan fingerprint density at radius 3 is 3.00 bits per heavy atom. The fourth-order valence-corrected chi connectivity index (χ4v) is 3.59. The second-order valence-electron chi connectivity index (χ2n) is 5.53. The maximum atomic E-state index is 12.6. The molecule has 8 heteroatoms. The fourth-order valence-electron chi connectivity index (χ4n) is 2.59. The summed E-state index contributed by atoms with van der Waals surface area (Å²) in [5, 5.41) is 15.5. The van der Waals surface area contributed by atoms with E-state index in [0.29, 0.717) is 35.6 Å². The molecule has 1 aromatic heterocycles. The highest BCUT2D eigenvalue weighted by Gasteiger charge is 2.25. The fraction of sp³-hybridized carbons (Fsp3) is 0.235. The molecule has 6 nitrogen and oxygen atoms in total. The van der Waals surface area contributed by atoms with Crippen molar-refractivity contribution in [3.63, 3.8) is 0 Å². The number of aryl methyl sites for hydroxylation is 1. The van der Waals surface area contributed by atoms with E-state index in [4.69, 9.17) is 11.6 Å². The second-order valence-corrected chi connectivity index (χ2v) is 7.23. The molecular weight excluding hydrogens is 358 g/mol. The predicted molar refractivity (Wildman–Crippen MR) is 98.0 cm³/mol. The van der Waals surface area contributed by atoms with E-state index in [1.54, 1.807) is 6.20 Å². The molecule has 2 aromatic rings. The van der Waals surface area contributed by atoms with Gasteiger partial charge in [-0.1, -0.05) is 29.8 Å². The molecule has 1 aliphatic rings. The lowest BCUT2D eigenvalue weighted by atomic mass is 10.2. The van der Waals surface area contributed by atoms with Crippen molar-refractivity contribution < 1.29 is 4.79 Å². The quantitative estimate of drug-likeness (QED) is 0.636. The molecule has 0 spiro atoms. The van der Waals surface area contributed by atoms with Crippen LogP contribution in [0.4, 0.5) is 5.69 Å². The molecule has 0 atom stereocenters. The second kappa shape index (κ2) is 7.55. The molecule has 2 heterocycles. The van der Waals surface area contributed by atoms with Gasteiger partial charge in [-0.3, -0.25) is 4.79 Å². The van der Waals surface area contributed by atoms with E-state index in [1.807, 2.05) is 42.2 Å². The van der Waals surface area contributed by atoms with Crippen molar-refractivity contribution in [3.8, 4) is 6.07 Å². The van der Waals surface area contributed by atoms with Gasteiger partial charge in [-0.15, -0.1) is 11.3 Å². The zero-order valence-corrected chi connectivity index (χ0v) is 15.1. The van der Waals surface area contributed by atoms with Crippen LogP contribution in [0.5, 0.6) is 0 Å². The van der Waals surface area contributed by atoms with Crippen molar-refractivity contribution in [1.29, 1.82) is 5.26 Å². The predicted octanol–water partition coefficient (Wildman–Crippen LogP) is 2.88. The SMILES string of the molecule is Cc1ccccc1NC(=O)/C(C#N)=C1\NCCN1Cc1cnc(Cl)s1. The lowest BCUT2D eigenvalue weighted by molar-refractivity contribution is -0.112. The number of hydrogen-bond donors (Lipinski definition) is 2. The summed E-state index contributed by atoms with van der Waals surface area (Å²) in [7, 11) is 0. The maximum absolute atomic E-state index is 12.6. The minimum Gasteiger partial charge on any atom is -0.369 e. The van der Waals surface area contributed by atoms with Crippen LogP contribution < -0.4 is 10.6 Å². The summed E-state index contributed by atoms with van der Waals surface area (Å²) in [5.41, 5.74) is 1.70. The number of halogens is 1. The van der Waals surface area contributed by atoms with E-state index < -0.39 is 5.91 Å². The molecule has 0 radical (unpaired) electrons. The molecule has 0 saturated carbocycles. The van der Waals surface area contributed by atoms with Crippen LogP contribution in [0.25, 0.3) is 0 Å². The van der Waals surface area contributed by atoms with Crippen LogP contribution in [0, 0.1) is 18.3 Å². The van der Waals surface area contributed by atoms with Crippen LogP contribution in [-0.2, 0) is 11.3 Å². The molecule has 0 bridgehead atoms. The Morgan fingerprint density at radius 1 is 1.52 bits per heavy atom. The van der Waals surface area contributed by atoms with Gasteiger partial charge in [-0.05, 0) is 18.6 Å². The number of carbonyl (C=O) groups excluding carboxylic acids is 1. The van der Waals surface area contributed by atoms with E-state index >= 15 is 0 Å². The van der Waals surface area contributed by atoms with Gasteiger partial charge in [0.05, 0.1) is 6.54 Å². The van der Waals surface area contributed by atoms with Crippen molar-refractivity contribution in [3.05, 3.63) is 56.8 Å². The summed E-state index contributed by atoms with van der Waals surface area (Å²) >= 11 is 7.26. The van der Waals surface area contributed by atoms with Gasteiger partial charge in [0.25, 0.3) is 5.91 Å². The maximum Gasteiger partial charge on any atom is 0.270 e. The molecule has 0 unspecified atom stereocenters. The number of benzene rings is 1. The van der Waals surface area contributed by atoms with Crippen LogP contribution in [0.2, 0.25) is 4.47 Å².